The van der Waals surface area contributed by atoms with Gasteiger partial charge in [0, 0.05) is 0 Å². The second kappa shape index (κ2) is 11.8. The first-order valence-corrected chi connectivity index (χ1v) is 10.9. The number of ether oxygens (including phenoxy) is 3. The summed E-state index contributed by atoms with van der Waals surface area (Å²) in [7, 11) is 0. The Balaban J connectivity index is 1.49. The SMILES string of the molecule is CCOc1cc(/C=N/NC(N)=O)ccc1OCCOc1ccc(C2CCCCC2)cc1. The maximum Gasteiger partial charge on any atom is 0.332 e. The lowest BCUT2D eigenvalue weighted by Gasteiger charge is -2.22. The third kappa shape index (κ3) is 7.20. The van der Waals surface area contributed by atoms with Gasteiger partial charge in [0.25, 0.3) is 0 Å². The number of hydrazone groups is 1. The molecule has 0 spiro atoms. The van der Waals surface area contributed by atoms with Crippen molar-refractivity contribution in [3.63, 3.8) is 0 Å². The number of carbonyl (C=O) groups is 1. The van der Waals surface area contributed by atoms with Gasteiger partial charge < -0.3 is 19.9 Å². The van der Waals surface area contributed by atoms with Crippen LogP contribution in [0.4, 0.5) is 4.79 Å². The van der Waals surface area contributed by atoms with Gasteiger partial charge in [-0.1, -0.05) is 31.4 Å². The summed E-state index contributed by atoms with van der Waals surface area (Å²) in [6.07, 6.45) is 8.11. The molecule has 0 atom stereocenters. The molecule has 0 bridgehead atoms. The van der Waals surface area contributed by atoms with Crippen LogP contribution < -0.4 is 25.4 Å². The van der Waals surface area contributed by atoms with Crippen LogP contribution in [0.2, 0.25) is 0 Å². The summed E-state index contributed by atoms with van der Waals surface area (Å²) in [5.74, 6) is 2.77. The lowest BCUT2D eigenvalue weighted by Crippen LogP contribution is -2.24. The van der Waals surface area contributed by atoms with Gasteiger partial charge in [-0.05, 0) is 67.1 Å². The number of amides is 2. The summed E-state index contributed by atoms with van der Waals surface area (Å²) in [6, 6.07) is 13.2. The molecule has 2 aromatic carbocycles. The summed E-state index contributed by atoms with van der Waals surface area (Å²) < 4.78 is 17.3. The van der Waals surface area contributed by atoms with Gasteiger partial charge in [-0.3, -0.25) is 0 Å². The van der Waals surface area contributed by atoms with Crippen LogP contribution in [0.1, 0.15) is 56.1 Å². The molecule has 7 heteroatoms. The minimum Gasteiger partial charge on any atom is -0.490 e. The van der Waals surface area contributed by atoms with Gasteiger partial charge in [-0.2, -0.15) is 5.10 Å². The zero-order valence-electron chi connectivity index (χ0n) is 18.0. The number of primary amides is 1. The predicted octanol–water partition coefficient (Wildman–Crippen LogP) is 4.59. The molecule has 1 fully saturated rings. The first-order valence-electron chi connectivity index (χ1n) is 10.9. The molecule has 0 heterocycles. The van der Waals surface area contributed by atoms with Crippen molar-refractivity contribution in [2.24, 2.45) is 10.8 Å². The predicted molar refractivity (Wildman–Crippen MR) is 121 cm³/mol. The second-order valence-corrected chi connectivity index (χ2v) is 7.47. The maximum absolute atomic E-state index is 10.7. The first-order chi connectivity index (χ1) is 15.2. The molecule has 0 unspecified atom stereocenters. The third-order valence-corrected chi connectivity index (χ3v) is 5.22. The summed E-state index contributed by atoms with van der Waals surface area (Å²) in [5.41, 5.74) is 9.31. The Kier molecular flexibility index (Phi) is 8.58. The molecule has 3 rings (SSSR count). The molecular weight excluding hydrogens is 394 g/mol. The normalized spacial score (nSPS) is 14.4. The lowest BCUT2D eigenvalue weighted by atomic mass is 9.84. The van der Waals surface area contributed by atoms with Crippen LogP contribution in [0.25, 0.3) is 0 Å². The van der Waals surface area contributed by atoms with Crippen LogP contribution in [0.5, 0.6) is 17.2 Å². The third-order valence-electron chi connectivity index (χ3n) is 5.22. The van der Waals surface area contributed by atoms with E-state index in [1.165, 1.54) is 43.9 Å². The fourth-order valence-electron chi connectivity index (χ4n) is 3.75. The zero-order valence-corrected chi connectivity index (χ0v) is 18.0. The molecular formula is C24H31N3O4. The van der Waals surface area contributed by atoms with E-state index < -0.39 is 6.03 Å². The Bertz CT molecular complexity index is 862. The highest BCUT2D eigenvalue weighted by molar-refractivity contribution is 5.82. The van der Waals surface area contributed by atoms with E-state index >= 15 is 0 Å². The van der Waals surface area contributed by atoms with Gasteiger partial charge >= 0.3 is 6.03 Å². The summed E-state index contributed by atoms with van der Waals surface area (Å²) in [4.78, 5) is 10.7. The van der Waals surface area contributed by atoms with Gasteiger partial charge in [0.2, 0.25) is 0 Å². The molecule has 2 aromatic rings. The number of nitrogens with zero attached hydrogens (tertiary/aromatic N) is 1. The van der Waals surface area contributed by atoms with E-state index in [9.17, 15) is 4.79 Å². The molecule has 0 aromatic heterocycles. The van der Waals surface area contributed by atoms with Crippen LogP contribution in [0, 0.1) is 0 Å². The van der Waals surface area contributed by atoms with Crippen LogP contribution in [-0.4, -0.2) is 32.1 Å². The van der Waals surface area contributed by atoms with E-state index in [1.54, 1.807) is 12.1 Å². The van der Waals surface area contributed by atoms with Crippen LogP contribution in [-0.2, 0) is 0 Å². The van der Waals surface area contributed by atoms with Gasteiger partial charge in [0.15, 0.2) is 11.5 Å². The van der Waals surface area contributed by atoms with Gasteiger partial charge in [0.05, 0.1) is 12.8 Å². The number of hydrogen-bond donors (Lipinski definition) is 2. The minimum atomic E-state index is -0.718. The lowest BCUT2D eigenvalue weighted by molar-refractivity contribution is 0.208. The molecule has 1 saturated carbocycles. The smallest absolute Gasteiger partial charge is 0.332 e. The number of nitrogens with one attached hydrogen (secondary N) is 1. The van der Waals surface area contributed by atoms with Crippen molar-refractivity contribution in [3.05, 3.63) is 53.6 Å². The standard InChI is InChI=1S/C24H31N3O4/c1-2-29-23-16-18(17-26-27-24(25)28)8-13-22(23)31-15-14-30-21-11-9-20(10-12-21)19-6-4-3-5-7-19/h8-13,16-17,19H,2-7,14-15H2,1H3,(H3,25,27,28)/b26-17+. The van der Waals surface area contributed by atoms with Crippen molar-refractivity contribution in [2.45, 2.75) is 44.9 Å². The van der Waals surface area contributed by atoms with E-state index in [0.717, 1.165) is 11.3 Å². The number of carbonyl (C=O) groups excluding carboxylic acids is 1. The van der Waals surface area contributed by atoms with Crippen LogP contribution >= 0.6 is 0 Å². The molecule has 7 nitrogen and oxygen atoms in total. The largest absolute Gasteiger partial charge is 0.490 e. The molecule has 3 N–H and O–H groups in total. The number of benzene rings is 2. The topological polar surface area (TPSA) is 95.2 Å². The fraction of sp³-hybridized carbons (Fsp3) is 0.417. The number of urea groups is 1. The summed E-state index contributed by atoms with van der Waals surface area (Å²) in [5, 5.41) is 3.75. The van der Waals surface area contributed by atoms with E-state index in [2.05, 4.69) is 22.7 Å². The number of nitrogens with two attached hydrogens (primary N) is 1. The Hall–Kier alpha value is -3.22. The van der Waals surface area contributed by atoms with Crippen molar-refractivity contribution in [1.82, 2.24) is 5.43 Å². The van der Waals surface area contributed by atoms with Crippen LogP contribution in [0.3, 0.4) is 0 Å². The number of hydrogen-bond acceptors (Lipinski definition) is 5. The summed E-state index contributed by atoms with van der Waals surface area (Å²) in [6.45, 7) is 3.22. The van der Waals surface area contributed by atoms with Crippen molar-refractivity contribution >= 4 is 12.2 Å². The Morgan fingerprint density at radius 2 is 1.77 bits per heavy atom. The van der Waals surface area contributed by atoms with Crippen molar-refractivity contribution in [2.75, 3.05) is 19.8 Å². The van der Waals surface area contributed by atoms with E-state index in [1.807, 2.05) is 25.1 Å². The van der Waals surface area contributed by atoms with Crippen molar-refractivity contribution in [1.29, 1.82) is 0 Å². The van der Waals surface area contributed by atoms with Crippen molar-refractivity contribution in [3.8, 4) is 17.2 Å². The molecule has 0 saturated heterocycles. The van der Waals surface area contributed by atoms with Crippen LogP contribution in [0.15, 0.2) is 47.6 Å². The van der Waals surface area contributed by atoms with E-state index in [0.29, 0.717) is 37.2 Å². The van der Waals surface area contributed by atoms with Gasteiger partial charge in [0.1, 0.15) is 19.0 Å². The minimum absolute atomic E-state index is 0.390. The molecule has 1 aliphatic carbocycles. The van der Waals surface area contributed by atoms with E-state index in [-0.39, 0.29) is 0 Å². The quantitative estimate of drug-likeness (QED) is 0.331. The fourth-order valence-corrected chi connectivity index (χ4v) is 3.75. The average Bonchev–Trinajstić information content (AvgIpc) is 2.79. The average molecular weight is 426 g/mol. The molecule has 166 valence electrons. The van der Waals surface area contributed by atoms with Gasteiger partial charge in [-0.15, -0.1) is 0 Å². The Morgan fingerprint density at radius 3 is 2.48 bits per heavy atom. The Morgan fingerprint density at radius 1 is 1.03 bits per heavy atom. The maximum atomic E-state index is 10.7. The van der Waals surface area contributed by atoms with E-state index in [4.69, 9.17) is 19.9 Å². The summed E-state index contributed by atoms with van der Waals surface area (Å²) >= 11 is 0. The highest BCUT2D eigenvalue weighted by Gasteiger charge is 2.15. The second-order valence-electron chi connectivity index (χ2n) is 7.47. The number of rotatable bonds is 10. The first kappa shape index (κ1) is 22.5. The highest BCUT2D eigenvalue weighted by Crippen LogP contribution is 2.33. The monoisotopic (exact) mass is 425 g/mol. The molecule has 0 aliphatic heterocycles. The zero-order chi connectivity index (χ0) is 21.9. The molecule has 31 heavy (non-hydrogen) atoms. The highest BCUT2D eigenvalue weighted by atomic mass is 16.5. The Labute approximate surface area is 183 Å². The molecule has 0 radical (unpaired) electrons. The molecule has 2 amide bonds. The van der Waals surface area contributed by atoms with Crippen molar-refractivity contribution < 1.29 is 19.0 Å². The molecule has 1 aliphatic rings. The van der Waals surface area contributed by atoms with Gasteiger partial charge in [-0.25, -0.2) is 10.2 Å².